The third-order valence-corrected chi connectivity index (χ3v) is 4.88. The number of hydrogen-bond acceptors (Lipinski definition) is 1. The maximum absolute atomic E-state index is 12.7. The minimum Gasteiger partial charge on any atom is -0.334 e. The molecule has 1 aliphatic rings. The molecule has 1 aliphatic carbocycles. The summed E-state index contributed by atoms with van der Waals surface area (Å²) >= 11 is 9.36. The van der Waals surface area contributed by atoms with Gasteiger partial charge in [0.1, 0.15) is 0 Å². The molecular weight excluding hydrogens is 326 g/mol. The Morgan fingerprint density at radius 2 is 2.11 bits per heavy atom. The van der Waals surface area contributed by atoms with Gasteiger partial charge in [-0.3, -0.25) is 4.79 Å². The fraction of sp³-hybridized carbons (Fsp3) is 0.533. The van der Waals surface area contributed by atoms with E-state index in [2.05, 4.69) is 15.9 Å². The third-order valence-electron chi connectivity index (χ3n) is 3.85. The Bertz CT molecular complexity index is 457. The molecule has 1 fully saturated rings. The van der Waals surface area contributed by atoms with Crippen molar-refractivity contribution in [3.8, 4) is 0 Å². The molecule has 0 atom stereocenters. The van der Waals surface area contributed by atoms with Crippen LogP contribution in [-0.4, -0.2) is 29.3 Å². The molecule has 0 N–H and O–H groups in total. The van der Waals surface area contributed by atoms with E-state index in [0.29, 0.717) is 18.5 Å². The molecular formula is C15H19BrClNO. The molecule has 1 aromatic rings. The number of nitrogens with zero attached hydrogens (tertiary/aromatic N) is 1. The van der Waals surface area contributed by atoms with Gasteiger partial charge >= 0.3 is 0 Å². The van der Waals surface area contributed by atoms with Crippen LogP contribution in [-0.2, 0) is 0 Å². The first-order valence-electron chi connectivity index (χ1n) is 6.77. The summed E-state index contributed by atoms with van der Waals surface area (Å²) in [6, 6.07) is 6.15. The lowest BCUT2D eigenvalue weighted by Gasteiger charge is -2.29. The SMILES string of the molecule is Cc1c(Br)cccc1C(=O)N(CCCl)C1CCCC1. The number of hydrogen-bond donors (Lipinski definition) is 0. The Kier molecular flexibility index (Phi) is 5.28. The van der Waals surface area contributed by atoms with E-state index in [1.165, 1.54) is 12.8 Å². The molecule has 0 saturated heterocycles. The highest BCUT2D eigenvalue weighted by molar-refractivity contribution is 9.10. The van der Waals surface area contributed by atoms with Crippen molar-refractivity contribution in [3.63, 3.8) is 0 Å². The van der Waals surface area contributed by atoms with Crippen LogP contribution in [0.1, 0.15) is 41.6 Å². The molecule has 1 aromatic carbocycles. The number of carbonyl (C=O) groups excluding carboxylic acids is 1. The van der Waals surface area contributed by atoms with Crippen LogP contribution in [0.2, 0.25) is 0 Å². The molecule has 0 spiro atoms. The van der Waals surface area contributed by atoms with Gasteiger partial charge in [-0.15, -0.1) is 11.6 Å². The number of carbonyl (C=O) groups is 1. The predicted molar refractivity (Wildman–Crippen MR) is 82.9 cm³/mol. The Morgan fingerprint density at radius 1 is 1.42 bits per heavy atom. The van der Waals surface area contributed by atoms with Gasteiger partial charge in [-0.1, -0.05) is 34.8 Å². The molecule has 2 rings (SSSR count). The van der Waals surface area contributed by atoms with Crippen LogP contribution in [0, 0.1) is 6.92 Å². The van der Waals surface area contributed by atoms with Crippen LogP contribution in [0.5, 0.6) is 0 Å². The minimum atomic E-state index is 0.117. The highest BCUT2D eigenvalue weighted by atomic mass is 79.9. The fourth-order valence-electron chi connectivity index (χ4n) is 2.75. The van der Waals surface area contributed by atoms with Crippen molar-refractivity contribution in [2.24, 2.45) is 0 Å². The highest BCUT2D eigenvalue weighted by Crippen LogP contribution is 2.27. The van der Waals surface area contributed by atoms with Crippen LogP contribution in [0.25, 0.3) is 0 Å². The molecule has 0 radical (unpaired) electrons. The molecule has 0 aromatic heterocycles. The van der Waals surface area contributed by atoms with Gasteiger partial charge in [0, 0.05) is 28.5 Å². The number of halogens is 2. The molecule has 0 heterocycles. The van der Waals surface area contributed by atoms with Crippen molar-refractivity contribution in [1.29, 1.82) is 0 Å². The second-order valence-corrected chi connectivity index (χ2v) is 6.27. The van der Waals surface area contributed by atoms with Crippen LogP contribution in [0.15, 0.2) is 22.7 Å². The van der Waals surface area contributed by atoms with Crippen molar-refractivity contribution in [2.75, 3.05) is 12.4 Å². The zero-order valence-electron chi connectivity index (χ0n) is 11.2. The zero-order valence-corrected chi connectivity index (χ0v) is 13.5. The Morgan fingerprint density at radius 3 is 2.74 bits per heavy atom. The van der Waals surface area contributed by atoms with Crippen molar-refractivity contribution in [1.82, 2.24) is 4.90 Å². The summed E-state index contributed by atoms with van der Waals surface area (Å²) in [7, 11) is 0. The molecule has 0 aliphatic heterocycles. The molecule has 1 amide bonds. The van der Waals surface area contributed by atoms with Gasteiger partial charge in [0.15, 0.2) is 0 Å². The number of rotatable bonds is 4. The lowest BCUT2D eigenvalue weighted by atomic mass is 10.1. The van der Waals surface area contributed by atoms with E-state index in [-0.39, 0.29) is 5.91 Å². The van der Waals surface area contributed by atoms with Crippen molar-refractivity contribution in [2.45, 2.75) is 38.6 Å². The number of amides is 1. The van der Waals surface area contributed by atoms with Gasteiger partial charge < -0.3 is 4.90 Å². The molecule has 0 unspecified atom stereocenters. The Balaban J connectivity index is 2.25. The van der Waals surface area contributed by atoms with E-state index < -0.39 is 0 Å². The van der Waals surface area contributed by atoms with E-state index in [9.17, 15) is 4.79 Å². The number of benzene rings is 1. The molecule has 19 heavy (non-hydrogen) atoms. The largest absolute Gasteiger partial charge is 0.334 e. The normalized spacial score (nSPS) is 15.7. The van der Waals surface area contributed by atoms with E-state index in [0.717, 1.165) is 28.4 Å². The minimum absolute atomic E-state index is 0.117. The summed E-state index contributed by atoms with van der Waals surface area (Å²) in [5.74, 6) is 0.612. The van der Waals surface area contributed by atoms with Crippen molar-refractivity contribution in [3.05, 3.63) is 33.8 Å². The Labute approximate surface area is 128 Å². The van der Waals surface area contributed by atoms with Crippen molar-refractivity contribution < 1.29 is 4.79 Å². The standard InChI is InChI=1S/C15H19BrClNO/c1-11-13(7-4-8-14(11)16)15(19)18(10-9-17)12-5-2-3-6-12/h4,7-8,12H,2-3,5-6,9-10H2,1H3. The van der Waals surface area contributed by atoms with Gasteiger partial charge in [0.05, 0.1) is 0 Å². The van der Waals surface area contributed by atoms with Crippen molar-refractivity contribution >= 4 is 33.4 Å². The van der Waals surface area contributed by atoms with E-state index in [4.69, 9.17) is 11.6 Å². The quantitative estimate of drug-likeness (QED) is 0.742. The fourth-order valence-corrected chi connectivity index (χ4v) is 3.30. The first-order chi connectivity index (χ1) is 9.15. The van der Waals surface area contributed by atoms with Gasteiger partial charge in [-0.05, 0) is 37.5 Å². The van der Waals surface area contributed by atoms with Crippen LogP contribution in [0.3, 0.4) is 0 Å². The second kappa shape index (κ2) is 6.76. The lowest BCUT2D eigenvalue weighted by molar-refractivity contribution is 0.0694. The van der Waals surface area contributed by atoms with Gasteiger partial charge in [-0.2, -0.15) is 0 Å². The molecule has 0 bridgehead atoms. The smallest absolute Gasteiger partial charge is 0.254 e. The maximum atomic E-state index is 12.7. The van der Waals surface area contributed by atoms with Crippen LogP contribution in [0.4, 0.5) is 0 Å². The maximum Gasteiger partial charge on any atom is 0.254 e. The van der Waals surface area contributed by atoms with Gasteiger partial charge in [0.25, 0.3) is 5.91 Å². The van der Waals surface area contributed by atoms with Crippen LogP contribution < -0.4 is 0 Å². The first-order valence-corrected chi connectivity index (χ1v) is 8.10. The molecule has 1 saturated carbocycles. The summed E-state index contributed by atoms with van der Waals surface area (Å²) in [6.45, 7) is 2.61. The third kappa shape index (κ3) is 3.32. The van der Waals surface area contributed by atoms with Gasteiger partial charge in [-0.25, -0.2) is 0 Å². The van der Waals surface area contributed by atoms with E-state index >= 15 is 0 Å². The first kappa shape index (κ1) is 14.9. The summed E-state index contributed by atoms with van der Waals surface area (Å²) < 4.78 is 0.982. The van der Waals surface area contributed by atoms with Gasteiger partial charge in [0.2, 0.25) is 0 Å². The Hall–Kier alpha value is -0.540. The average molecular weight is 345 g/mol. The predicted octanol–water partition coefficient (Wildman–Crippen LogP) is 4.38. The molecule has 4 heteroatoms. The summed E-state index contributed by atoms with van der Waals surface area (Å²) in [5.41, 5.74) is 1.79. The highest BCUT2D eigenvalue weighted by Gasteiger charge is 2.27. The average Bonchev–Trinajstić information content (AvgIpc) is 2.92. The van der Waals surface area contributed by atoms with E-state index in [1.54, 1.807) is 0 Å². The lowest BCUT2D eigenvalue weighted by Crippen LogP contribution is -2.40. The number of alkyl halides is 1. The van der Waals surface area contributed by atoms with E-state index in [1.807, 2.05) is 30.0 Å². The molecule has 2 nitrogen and oxygen atoms in total. The summed E-state index contributed by atoms with van der Waals surface area (Å²) in [4.78, 5) is 14.7. The topological polar surface area (TPSA) is 20.3 Å². The summed E-state index contributed by atoms with van der Waals surface area (Å²) in [6.07, 6.45) is 4.65. The van der Waals surface area contributed by atoms with Crippen LogP contribution >= 0.6 is 27.5 Å². The zero-order chi connectivity index (χ0) is 13.8. The summed E-state index contributed by atoms with van der Waals surface area (Å²) in [5, 5.41) is 0. The monoisotopic (exact) mass is 343 g/mol. The molecule has 104 valence electrons. The second-order valence-electron chi connectivity index (χ2n) is 5.04.